The van der Waals surface area contributed by atoms with Crippen molar-refractivity contribution >= 4 is 11.9 Å². The summed E-state index contributed by atoms with van der Waals surface area (Å²) < 4.78 is 81.0. The molecule has 6 atom stereocenters. The highest BCUT2D eigenvalue weighted by molar-refractivity contribution is 5.85. The first-order valence-corrected chi connectivity index (χ1v) is 10.9. The topological polar surface area (TPSA) is 99.7 Å². The number of nitrogens with zero attached hydrogens (tertiary/aromatic N) is 3. The van der Waals surface area contributed by atoms with Crippen LogP contribution in [0.3, 0.4) is 0 Å². The van der Waals surface area contributed by atoms with Gasteiger partial charge in [0, 0.05) is 31.0 Å². The summed E-state index contributed by atoms with van der Waals surface area (Å²) in [7, 11) is 0. The maximum atomic E-state index is 13.3. The van der Waals surface area contributed by atoms with E-state index in [1.807, 2.05) is 6.07 Å². The number of ether oxygens (including phenoxy) is 1. The summed E-state index contributed by atoms with van der Waals surface area (Å²) >= 11 is 0. The summed E-state index contributed by atoms with van der Waals surface area (Å²) in [4.78, 5) is 27.5. The van der Waals surface area contributed by atoms with Gasteiger partial charge in [0.1, 0.15) is 6.04 Å². The zero-order valence-corrected chi connectivity index (χ0v) is 17.5. The highest BCUT2D eigenvalue weighted by Gasteiger charge is 2.72. The minimum absolute atomic E-state index is 0.00654. The molecular weight excluding hydrogens is 458 g/mol. The van der Waals surface area contributed by atoms with Crippen LogP contribution in [-0.2, 0) is 14.3 Å². The first-order chi connectivity index (χ1) is 15.3. The van der Waals surface area contributed by atoms with E-state index < -0.39 is 60.3 Å². The Hall–Kier alpha value is -2.07. The predicted molar refractivity (Wildman–Crippen MR) is 98.7 cm³/mol. The Morgan fingerprint density at radius 1 is 1.12 bits per heavy atom. The third-order valence-electron chi connectivity index (χ3n) is 7.50. The van der Waals surface area contributed by atoms with Crippen molar-refractivity contribution in [3.63, 3.8) is 0 Å². The summed E-state index contributed by atoms with van der Waals surface area (Å²) in [6, 6.07) is -0.663. The Labute approximate surface area is 185 Å². The number of esters is 1. The van der Waals surface area contributed by atoms with Gasteiger partial charge in [-0.3, -0.25) is 14.6 Å². The Kier molecular flexibility index (Phi) is 5.84. The normalized spacial score (nSPS) is 36.8. The standard InChI is InChI=1S/C20H24F6N4O3/c21-19(22,23)3-4-29-12-1-2-13(29)6-10(5-12)15(28)16(31)30-14(9-27)7-11-8-18(11,30)33-17(32)20(24,25)26/h10-15H,1-8,28H2/t10?,11-,12?,13?,14+,15+,18+/m1/s1. The molecule has 0 spiro atoms. The van der Waals surface area contributed by atoms with E-state index in [4.69, 9.17) is 10.5 Å². The number of carbonyl (C=O) groups is 2. The molecule has 0 aromatic heterocycles. The van der Waals surface area contributed by atoms with Crippen LogP contribution in [0.25, 0.3) is 0 Å². The molecule has 3 heterocycles. The first-order valence-electron chi connectivity index (χ1n) is 10.9. The molecule has 7 nitrogen and oxygen atoms in total. The number of nitrogens with two attached hydrogens (primary N) is 1. The van der Waals surface area contributed by atoms with Crippen molar-refractivity contribution in [3.8, 4) is 6.07 Å². The predicted octanol–water partition coefficient (Wildman–Crippen LogP) is 2.46. The molecular formula is C20H24F6N4O3. The van der Waals surface area contributed by atoms with Crippen LogP contribution in [0, 0.1) is 23.2 Å². The number of likely N-dealkylation sites (tertiary alicyclic amines) is 1. The Morgan fingerprint density at radius 2 is 1.73 bits per heavy atom. The molecule has 2 N–H and O–H groups in total. The van der Waals surface area contributed by atoms with Gasteiger partial charge in [0.25, 0.3) is 0 Å². The van der Waals surface area contributed by atoms with E-state index in [0.29, 0.717) is 25.7 Å². The molecule has 33 heavy (non-hydrogen) atoms. The van der Waals surface area contributed by atoms with Crippen molar-refractivity contribution < 1.29 is 40.7 Å². The van der Waals surface area contributed by atoms with Gasteiger partial charge in [-0.05, 0) is 38.0 Å². The minimum atomic E-state index is -5.24. The van der Waals surface area contributed by atoms with Gasteiger partial charge in [0.2, 0.25) is 5.91 Å². The van der Waals surface area contributed by atoms with Gasteiger partial charge in [-0.25, -0.2) is 4.79 Å². The average Bonchev–Trinajstić information content (AvgIpc) is 3.22. The van der Waals surface area contributed by atoms with E-state index in [9.17, 15) is 41.2 Å². The highest BCUT2D eigenvalue weighted by atomic mass is 19.4. The number of amides is 1. The van der Waals surface area contributed by atoms with Gasteiger partial charge in [0.05, 0.1) is 18.5 Å². The molecule has 1 saturated carbocycles. The summed E-state index contributed by atoms with van der Waals surface area (Å²) in [5.74, 6) is -4.15. The molecule has 4 aliphatic rings. The molecule has 3 aliphatic heterocycles. The van der Waals surface area contributed by atoms with Crippen molar-refractivity contribution in [2.75, 3.05) is 6.54 Å². The van der Waals surface area contributed by atoms with Crippen LogP contribution in [0.4, 0.5) is 26.3 Å². The smallest absolute Gasteiger partial charge is 0.432 e. The number of alkyl halides is 6. The number of fused-ring (bicyclic) bond motifs is 3. The third-order valence-corrected chi connectivity index (χ3v) is 7.50. The van der Waals surface area contributed by atoms with E-state index in [-0.39, 0.29) is 31.5 Å². The van der Waals surface area contributed by atoms with Crippen LogP contribution in [-0.4, -0.2) is 70.5 Å². The van der Waals surface area contributed by atoms with Crippen molar-refractivity contribution in [1.82, 2.24) is 9.80 Å². The fourth-order valence-corrected chi connectivity index (χ4v) is 5.93. The van der Waals surface area contributed by atoms with E-state index >= 15 is 0 Å². The molecule has 2 bridgehead atoms. The molecule has 0 radical (unpaired) electrons. The van der Waals surface area contributed by atoms with E-state index in [1.54, 1.807) is 4.90 Å². The summed E-state index contributed by atoms with van der Waals surface area (Å²) in [5, 5.41) is 9.43. The largest absolute Gasteiger partial charge is 0.491 e. The molecule has 1 aliphatic carbocycles. The maximum Gasteiger partial charge on any atom is 0.491 e. The maximum absolute atomic E-state index is 13.3. The molecule has 4 rings (SSSR count). The van der Waals surface area contributed by atoms with Crippen LogP contribution in [0.5, 0.6) is 0 Å². The molecule has 13 heteroatoms. The molecule has 3 saturated heterocycles. The van der Waals surface area contributed by atoms with Crippen molar-refractivity contribution in [2.24, 2.45) is 17.6 Å². The second-order valence-electron chi connectivity index (χ2n) is 9.47. The van der Waals surface area contributed by atoms with Gasteiger partial charge >= 0.3 is 18.3 Å². The molecule has 4 fully saturated rings. The molecule has 0 aromatic carbocycles. The van der Waals surface area contributed by atoms with Gasteiger partial charge in [0.15, 0.2) is 5.72 Å². The molecule has 1 amide bonds. The van der Waals surface area contributed by atoms with E-state index in [0.717, 1.165) is 4.90 Å². The number of hydrogen-bond donors (Lipinski definition) is 1. The zero-order valence-electron chi connectivity index (χ0n) is 17.5. The van der Waals surface area contributed by atoms with Crippen molar-refractivity contribution in [2.45, 2.75) is 87.2 Å². The van der Waals surface area contributed by atoms with Crippen LogP contribution in [0.15, 0.2) is 0 Å². The quantitative estimate of drug-likeness (QED) is 0.478. The monoisotopic (exact) mass is 482 g/mol. The number of carbonyl (C=O) groups excluding carboxylic acids is 2. The Balaban J connectivity index is 1.45. The molecule has 2 unspecified atom stereocenters. The highest BCUT2D eigenvalue weighted by Crippen LogP contribution is 2.59. The fraction of sp³-hybridized carbons (Fsp3) is 0.850. The fourth-order valence-electron chi connectivity index (χ4n) is 5.93. The lowest BCUT2D eigenvalue weighted by Gasteiger charge is -2.42. The molecule has 0 aromatic rings. The number of piperidine rings is 2. The summed E-state index contributed by atoms with van der Waals surface area (Å²) in [6.07, 6.45) is -8.23. The Bertz CT molecular complexity index is 844. The van der Waals surface area contributed by atoms with Gasteiger partial charge in [-0.15, -0.1) is 0 Å². The molecule has 184 valence electrons. The number of rotatable bonds is 5. The zero-order chi connectivity index (χ0) is 24.3. The van der Waals surface area contributed by atoms with Crippen molar-refractivity contribution in [3.05, 3.63) is 0 Å². The average molecular weight is 482 g/mol. The van der Waals surface area contributed by atoms with Crippen LogP contribution < -0.4 is 5.73 Å². The lowest BCUT2D eigenvalue weighted by molar-refractivity contribution is -0.217. The van der Waals surface area contributed by atoms with E-state index in [1.165, 1.54) is 0 Å². The SMILES string of the molecule is N#C[C@@H]1C[C@@H]2C[C@@]2(OC(=O)C(F)(F)F)N1C(=O)[C@@H](N)C1CC2CCC(C1)N2CCC(F)(F)F. The Morgan fingerprint density at radius 3 is 2.24 bits per heavy atom. The first kappa shape index (κ1) is 24.1. The van der Waals surface area contributed by atoms with Crippen LogP contribution >= 0.6 is 0 Å². The second kappa shape index (κ2) is 8.01. The van der Waals surface area contributed by atoms with Crippen LogP contribution in [0.1, 0.15) is 44.9 Å². The third kappa shape index (κ3) is 4.39. The number of hydrogen-bond acceptors (Lipinski definition) is 6. The minimum Gasteiger partial charge on any atom is -0.432 e. The van der Waals surface area contributed by atoms with Crippen LogP contribution in [0.2, 0.25) is 0 Å². The van der Waals surface area contributed by atoms with Gasteiger partial charge in [-0.1, -0.05) is 0 Å². The van der Waals surface area contributed by atoms with E-state index in [2.05, 4.69) is 0 Å². The number of halogens is 6. The van der Waals surface area contributed by atoms with Gasteiger partial charge < -0.3 is 10.5 Å². The lowest BCUT2D eigenvalue weighted by Crippen LogP contribution is -2.58. The number of nitriles is 1. The lowest BCUT2D eigenvalue weighted by atomic mass is 9.84. The summed E-state index contributed by atoms with van der Waals surface area (Å²) in [6.45, 7) is -0.129. The van der Waals surface area contributed by atoms with Crippen molar-refractivity contribution in [1.29, 1.82) is 5.26 Å². The summed E-state index contributed by atoms with van der Waals surface area (Å²) in [5.41, 5.74) is 4.41. The van der Waals surface area contributed by atoms with Gasteiger partial charge in [-0.2, -0.15) is 31.6 Å². The second-order valence-corrected chi connectivity index (χ2v) is 9.47.